The molecule has 0 radical (unpaired) electrons. The van der Waals surface area contributed by atoms with Crippen molar-refractivity contribution in [3.05, 3.63) is 30.3 Å². The Morgan fingerprint density at radius 2 is 1.75 bits per heavy atom. The van der Waals surface area contributed by atoms with Gasteiger partial charge in [0.15, 0.2) is 0 Å². The number of amides is 2. The average Bonchev–Trinajstić information content (AvgIpc) is 2.84. The third kappa shape index (κ3) is 2.33. The highest BCUT2D eigenvalue weighted by Crippen LogP contribution is 2.23. The van der Waals surface area contributed by atoms with Crippen LogP contribution >= 0.6 is 0 Å². The molecule has 3 rings (SSSR count). The van der Waals surface area contributed by atoms with Gasteiger partial charge < -0.3 is 10.6 Å². The van der Waals surface area contributed by atoms with E-state index in [1.54, 1.807) is 11.0 Å². The summed E-state index contributed by atoms with van der Waals surface area (Å²) in [4.78, 5) is 24.4. The Labute approximate surface area is 114 Å². The van der Waals surface area contributed by atoms with Gasteiger partial charge in [0.25, 0.3) is 0 Å². The Hall–Kier alpha value is -2.83. The predicted molar refractivity (Wildman–Crippen MR) is 73.8 cm³/mol. The molecule has 1 fully saturated rings. The van der Waals surface area contributed by atoms with E-state index in [0.29, 0.717) is 5.82 Å². The largest absolute Gasteiger partial charge is 0.382 e. The number of nitrogens with two attached hydrogens (primary N) is 1. The molecule has 1 aromatic heterocycles. The first-order chi connectivity index (χ1) is 9.61. The molecule has 0 bridgehead atoms. The number of carbonyl (C=O) groups excluding carboxylic acids is 2. The van der Waals surface area contributed by atoms with Crippen LogP contribution in [0.25, 0.3) is 11.3 Å². The molecule has 0 atom stereocenters. The smallest absolute Gasteiger partial charge is 0.246 e. The first-order valence-electron chi connectivity index (χ1n) is 6.11. The topological polar surface area (TPSA) is 104 Å². The molecule has 20 heavy (non-hydrogen) atoms. The third-order valence-corrected chi connectivity index (χ3v) is 3.09. The quantitative estimate of drug-likeness (QED) is 0.673. The van der Waals surface area contributed by atoms with Crippen molar-refractivity contribution in [2.45, 2.75) is 0 Å². The Kier molecular flexibility index (Phi) is 2.86. The van der Waals surface area contributed by atoms with Gasteiger partial charge in [0.05, 0.1) is 18.8 Å². The number of aromatic amines is 1. The molecule has 102 valence electrons. The Morgan fingerprint density at radius 3 is 2.30 bits per heavy atom. The van der Waals surface area contributed by atoms with Crippen LogP contribution in [0.5, 0.6) is 0 Å². The lowest BCUT2D eigenvalue weighted by Gasteiger charge is -2.27. The molecular formula is C13H13N5O2. The van der Waals surface area contributed by atoms with E-state index in [1.807, 2.05) is 24.3 Å². The van der Waals surface area contributed by atoms with Gasteiger partial charge in [-0.2, -0.15) is 5.10 Å². The molecule has 7 nitrogen and oxygen atoms in total. The number of anilines is 2. The summed E-state index contributed by atoms with van der Waals surface area (Å²) in [5, 5.41) is 8.97. The third-order valence-electron chi connectivity index (χ3n) is 3.09. The second-order valence-electron chi connectivity index (χ2n) is 4.58. The van der Waals surface area contributed by atoms with Crippen molar-refractivity contribution in [1.82, 2.24) is 15.5 Å². The molecule has 0 aliphatic carbocycles. The fourth-order valence-electron chi connectivity index (χ4n) is 2.16. The lowest BCUT2D eigenvalue weighted by molar-refractivity contribution is -0.130. The maximum Gasteiger partial charge on any atom is 0.246 e. The van der Waals surface area contributed by atoms with Gasteiger partial charge in [0, 0.05) is 11.8 Å². The van der Waals surface area contributed by atoms with E-state index in [0.717, 1.165) is 16.9 Å². The van der Waals surface area contributed by atoms with E-state index in [2.05, 4.69) is 15.5 Å². The van der Waals surface area contributed by atoms with Crippen LogP contribution in [-0.2, 0) is 9.59 Å². The van der Waals surface area contributed by atoms with Crippen LogP contribution in [0, 0.1) is 0 Å². The minimum atomic E-state index is -0.285. The zero-order valence-electron chi connectivity index (χ0n) is 10.6. The molecule has 0 unspecified atom stereocenters. The summed E-state index contributed by atoms with van der Waals surface area (Å²) >= 11 is 0. The number of benzene rings is 1. The van der Waals surface area contributed by atoms with E-state index in [-0.39, 0.29) is 24.9 Å². The SMILES string of the molecule is Nc1cc(-c2ccc(N3CC(=O)NC(=O)C3)cc2)[nH]n1. The molecule has 4 N–H and O–H groups in total. The first kappa shape index (κ1) is 12.2. The normalized spacial score (nSPS) is 15.3. The maximum atomic E-state index is 11.3. The Balaban J connectivity index is 1.82. The van der Waals surface area contributed by atoms with Crippen LogP contribution in [0.3, 0.4) is 0 Å². The van der Waals surface area contributed by atoms with Gasteiger partial charge in [-0.1, -0.05) is 12.1 Å². The molecule has 1 aromatic carbocycles. The maximum absolute atomic E-state index is 11.3. The minimum Gasteiger partial charge on any atom is -0.382 e. The molecule has 0 spiro atoms. The van der Waals surface area contributed by atoms with Crippen LogP contribution in [0.15, 0.2) is 30.3 Å². The number of imide groups is 1. The van der Waals surface area contributed by atoms with Crippen molar-refractivity contribution in [2.75, 3.05) is 23.7 Å². The molecule has 2 amide bonds. The summed E-state index contributed by atoms with van der Waals surface area (Å²) in [6, 6.07) is 9.24. The predicted octanol–water partition coefficient (Wildman–Crippen LogP) is 0.122. The van der Waals surface area contributed by atoms with Crippen LogP contribution in [-0.4, -0.2) is 35.1 Å². The number of carbonyl (C=O) groups is 2. The molecule has 7 heteroatoms. The summed E-state index contributed by atoms with van der Waals surface area (Å²) in [5.74, 6) is -0.138. The van der Waals surface area contributed by atoms with Crippen molar-refractivity contribution < 1.29 is 9.59 Å². The van der Waals surface area contributed by atoms with Crippen molar-refractivity contribution >= 4 is 23.3 Å². The van der Waals surface area contributed by atoms with Gasteiger partial charge in [0.2, 0.25) is 11.8 Å². The first-order valence-corrected chi connectivity index (χ1v) is 6.11. The van der Waals surface area contributed by atoms with Crippen LogP contribution in [0.2, 0.25) is 0 Å². The molecule has 2 aromatic rings. The van der Waals surface area contributed by atoms with E-state index in [1.165, 1.54) is 0 Å². The molecule has 2 heterocycles. The highest BCUT2D eigenvalue weighted by atomic mass is 16.2. The zero-order chi connectivity index (χ0) is 14.1. The Morgan fingerprint density at radius 1 is 1.10 bits per heavy atom. The summed E-state index contributed by atoms with van der Waals surface area (Å²) in [6.45, 7) is 0.365. The summed E-state index contributed by atoms with van der Waals surface area (Å²) in [5.41, 5.74) is 8.14. The number of piperazine rings is 1. The molecule has 0 saturated carbocycles. The van der Waals surface area contributed by atoms with Gasteiger partial charge in [-0.25, -0.2) is 0 Å². The zero-order valence-corrected chi connectivity index (χ0v) is 10.6. The van der Waals surface area contributed by atoms with Crippen LogP contribution < -0.4 is 16.0 Å². The van der Waals surface area contributed by atoms with Crippen molar-refractivity contribution in [3.8, 4) is 11.3 Å². The number of aromatic nitrogens is 2. The number of hydrogen-bond acceptors (Lipinski definition) is 5. The second-order valence-corrected chi connectivity index (χ2v) is 4.58. The number of nitrogens with one attached hydrogen (secondary N) is 2. The fraction of sp³-hybridized carbons (Fsp3) is 0.154. The van der Waals surface area contributed by atoms with E-state index >= 15 is 0 Å². The van der Waals surface area contributed by atoms with E-state index in [4.69, 9.17) is 5.73 Å². The van der Waals surface area contributed by atoms with Gasteiger partial charge in [0.1, 0.15) is 5.82 Å². The average molecular weight is 271 g/mol. The molecule has 1 saturated heterocycles. The molecule has 1 aliphatic rings. The van der Waals surface area contributed by atoms with Gasteiger partial charge in [-0.15, -0.1) is 0 Å². The highest BCUT2D eigenvalue weighted by molar-refractivity contribution is 6.02. The lowest BCUT2D eigenvalue weighted by atomic mass is 10.1. The van der Waals surface area contributed by atoms with E-state index < -0.39 is 0 Å². The van der Waals surface area contributed by atoms with Crippen LogP contribution in [0.1, 0.15) is 0 Å². The summed E-state index contributed by atoms with van der Waals surface area (Å²) in [7, 11) is 0. The van der Waals surface area contributed by atoms with Gasteiger partial charge in [-0.05, 0) is 17.7 Å². The fourth-order valence-corrected chi connectivity index (χ4v) is 2.16. The second kappa shape index (κ2) is 4.69. The lowest BCUT2D eigenvalue weighted by Crippen LogP contribution is -2.51. The minimum absolute atomic E-state index is 0.183. The summed E-state index contributed by atoms with van der Waals surface area (Å²) in [6.07, 6.45) is 0. The number of nitrogens with zero attached hydrogens (tertiary/aromatic N) is 2. The van der Waals surface area contributed by atoms with Crippen molar-refractivity contribution in [1.29, 1.82) is 0 Å². The van der Waals surface area contributed by atoms with Gasteiger partial charge >= 0.3 is 0 Å². The Bertz CT molecular complexity index is 646. The van der Waals surface area contributed by atoms with Gasteiger partial charge in [-0.3, -0.25) is 20.0 Å². The monoisotopic (exact) mass is 271 g/mol. The number of nitrogen functional groups attached to an aromatic ring is 1. The van der Waals surface area contributed by atoms with E-state index in [9.17, 15) is 9.59 Å². The van der Waals surface area contributed by atoms with Crippen molar-refractivity contribution in [2.24, 2.45) is 0 Å². The number of H-pyrrole nitrogens is 1. The van der Waals surface area contributed by atoms with Crippen LogP contribution in [0.4, 0.5) is 11.5 Å². The summed E-state index contributed by atoms with van der Waals surface area (Å²) < 4.78 is 0. The number of hydrogen-bond donors (Lipinski definition) is 3. The number of rotatable bonds is 2. The highest BCUT2D eigenvalue weighted by Gasteiger charge is 2.22. The molecular weight excluding hydrogens is 258 g/mol. The molecule has 1 aliphatic heterocycles. The standard InChI is InChI=1S/C13H13N5O2/c14-11-5-10(16-17-11)8-1-3-9(4-2-8)18-6-12(19)15-13(20)7-18/h1-5H,6-7H2,(H3,14,16,17)(H,15,19,20). The van der Waals surface area contributed by atoms with Crippen molar-refractivity contribution in [3.63, 3.8) is 0 Å².